The highest BCUT2D eigenvalue weighted by atomic mass is 79.9. The number of nitrogens with one attached hydrogen (secondary N) is 1. The number of rotatable bonds is 5. The van der Waals surface area contributed by atoms with Crippen LogP contribution in [0.25, 0.3) is 0 Å². The molecule has 0 bridgehead atoms. The lowest BCUT2D eigenvalue weighted by molar-refractivity contribution is 0.402. The van der Waals surface area contributed by atoms with Crippen LogP contribution in [0.3, 0.4) is 0 Å². The Labute approximate surface area is 134 Å². The van der Waals surface area contributed by atoms with E-state index in [0.717, 1.165) is 16.6 Å². The first-order valence-electron chi connectivity index (χ1n) is 6.39. The van der Waals surface area contributed by atoms with Crippen molar-refractivity contribution < 1.29 is 8.42 Å². The molecule has 0 saturated heterocycles. The van der Waals surface area contributed by atoms with Crippen molar-refractivity contribution >= 4 is 31.6 Å². The third-order valence-corrected chi connectivity index (χ3v) is 4.75. The maximum atomic E-state index is 12.2. The van der Waals surface area contributed by atoms with Crippen LogP contribution in [-0.4, -0.2) is 27.4 Å². The molecule has 0 aliphatic carbocycles. The summed E-state index contributed by atoms with van der Waals surface area (Å²) in [4.78, 5) is 2.30. The summed E-state index contributed by atoms with van der Waals surface area (Å²) in [6.07, 6.45) is 0. The van der Waals surface area contributed by atoms with Crippen molar-refractivity contribution in [2.24, 2.45) is 0 Å². The predicted molar refractivity (Wildman–Crippen MR) is 88.8 cm³/mol. The highest BCUT2D eigenvalue weighted by Crippen LogP contribution is 2.19. The van der Waals surface area contributed by atoms with E-state index in [-0.39, 0.29) is 4.90 Å². The predicted octanol–water partition coefficient (Wildman–Crippen LogP) is 3.31. The number of hydrogen-bond donors (Lipinski definition) is 1. The minimum absolute atomic E-state index is 0.239. The molecule has 4 nitrogen and oxygen atoms in total. The van der Waals surface area contributed by atoms with E-state index in [9.17, 15) is 8.42 Å². The number of halogens is 1. The Morgan fingerprint density at radius 2 is 1.57 bits per heavy atom. The second-order valence-electron chi connectivity index (χ2n) is 4.99. The number of sulfonamides is 1. The molecule has 21 heavy (non-hydrogen) atoms. The molecule has 0 heterocycles. The summed E-state index contributed by atoms with van der Waals surface area (Å²) in [5.41, 5.74) is 1.69. The van der Waals surface area contributed by atoms with Crippen molar-refractivity contribution in [2.75, 3.05) is 18.8 Å². The molecule has 112 valence electrons. The van der Waals surface area contributed by atoms with Crippen molar-refractivity contribution in [1.82, 2.24) is 4.90 Å². The SMILES string of the molecule is CN(C)Cc1ccc(NS(=O)(=O)c2ccc(Br)cc2)cc1. The van der Waals surface area contributed by atoms with Gasteiger partial charge in [-0.1, -0.05) is 28.1 Å². The van der Waals surface area contributed by atoms with E-state index in [1.54, 1.807) is 36.4 Å². The zero-order chi connectivity index (χ0) is 15.5. The first-order valence-corrected chi connectivity index (χ1v) is 8.66. The molecule has 0 amide bonds. The Balaban J connectivity index is 2.15. The number of hydrogen-bond acceptors (Lipinski definition) is 3. The van der Waals surface area contributed by atoms with E-state index < -0.39 is 10.0 Å². The second kappa shape index (κ2) is 6.60. The lowest BCUT2D eigenvalue weighted by Crippen LogP contribution is -2.13. The average Bonchev–Trinajstić information content (AvgIpc) is 2.40. The van der Waals surface area contributed by atoms with Gasteiger partial charge in [-0.15, -0.1) is 0 Å². The summed E-state index contributed by atoms with van der Waals surface area (Å²) < 4.78 is 27.9. The zero-order valence-electron chi connectivity index (χ0n) is 11.9. The van der Waals surface area contributed by atoms with Gasteiger partial charge in [-0.05, 0) is 56.1 Å². The lowest BCUT2D eigenvalue weighted by atomic mass is 10.2. The Morgan fingerprint density at radius 1 is 1.00 bits per heavy atom. The molecule has 0 aliphatic rings. The first kappa shape index (κ1) is 16.0. The van der Waals surface area contributed by atoms with Gasteiger partial charge in [0.2, 0.25) is 0 Å². The number of benzene rings is 2. The van der Waals surface area contributed by atoms with Crippen LogP contribution in [0.5, 0.6) is 0 Å². The monoisotopic (exact) mass is 368 g/mol. The summed E-state index contributed by atoms with van der Waals surface area (Å²) in [5.74, 6) is 0. The lowest BCUT2D eigenvalue weighted by Gasteiger charge is -2.11. The minimum Gasteiger partial charge on any atom is -0.305 e. The molecule has 0 saturated carbocycles. The molecule has 0 fully saturated rings. The zero-order valence-corrected chi connectivity index (χ0v) is 14.3. The van der Waals surface area contributed by atoms with Gasteiger partial charge in [-0.25, -0.2) is 8.42 Å². The second-order valence-corrected chi connectivity index (χ2v) is 7.59. The molecule has 1 N–H and O–H groups in total. The normalized spacial score (nSPS) is 11.6. The smallest absolute Gasteiger partial charge is 0.261 e. The van der Waals surface area contributed by atoms with E-state index in [1.807, 2.05) is 26.2 Å². The van der Waals surface area contributed by atoms with Crippen LogP contribution in [0.1, 0.15) is 5.56 Å². The van der Waals surface area contributed by atoms with Gasteiger partial charge >= 0.3 is 0 Å². The highest BCUT2D eigenvalue weighted by molar-refractivity contribution is 9.10. The topological polar surface area (TPSA) is 49.4 Å². The van der Waals surface area contributed by atoms with Gasteiger partial charge in [0, 0.05) is 16.7 Å². The van der Waals surface area contributed by atoms with Crippen molar-refractivity contribution in [2.45, 2.75) is 11.4 Å². The average molecular weight is 369 g/mol. The summed E-state index contributed by atoms with van der Waals surface area (Å²) in [6, 6.07) is 13.9. The molecule has 0 atom stereocenters. The summed E-state index contributed by atoms with van der Waals surface area (Å²) in [5, 5.41) is 0. The molecule has 0 spiro atoms. The van der Waals surface area contributed by atoms with Gasteiger partial charge in [0.1, 0.15) is 0 Å². The molecule has 6 heteroatoms. The van der Waals surface area contributed by atoms with Crippen molar-refractivity contribution in [3.63, 3.8) is 0 Å². The van der Waals surface area contributed by atoms with Crippen LogP contribution in [0.2, 0.25) is 0 Å². The molecule has 2 aromatic carbocycles. The van der Waals surface area contributed by atoms with E-state index in [0.29, 0.717) is 5.69 Å². The Kier molecular flexibility index (Phi) is 5.03. The van der Waals surface area contributed by atoms with Gasteiger partial charge in [0.25, 0.3) is 10.0 Å². The van der Waals surface area contributed by atoms with Crippen LogP contribution in [-0.2, 0) is 16.6 Å². The van der Waals surface area contributed by atoms with Crippen LogP contribution in [0.4, 0.5) is 5.69 Å². The quantitative estimate of drug-likeness (QED) is 0.880. The van der Waals surface area contributed by atoms with Gasteiger partial charge in [0.05, 0.1) is 4.90 Å². The fourth-order valence-electron chi connectivity index (χ4n) is 1.87. The third-order valence-electron chi connectivity index (χ3n) is 2.83. The van der Waals surface area contributed by atoms with Crippen LogP contribution in [0, 0.1) is 0 Å². The third kappa shape index (κ3) is 4.56. The summed E-state index contributed by atoms with van der Waals surface area (Å²) in [6.45, 7) is 0.819. The van der Waals surface area contributed by atoms with Crippen molar-refractivity contribution in [1.29, 1.82) is 0 Å². The van der Waals surface area contributed by atoms with Gasteiger partial charge in [-0.2, -0.15) is 0 Å². The number of nitrogens with zero attached hydrogens (tertiary/aromatic N) is 1. The van der Waals surface area contributed by atoms with Crippen molar-refractivity contribution in [3.05, 3.63) is 58.6 Å². The maximum absolute atomic E-state index is 12.2. The summed E-state index contributed by atoms with van der Waals surface area (Å²) in [7, 11) is 0.433. The standard InChI is InChI=1S/C15H17BrN2O2S/c1-18(2)11-12-3-7-14(8-4-12)17-21(19,20)15-9-5-13(16)6-10-15/h3-10,17H,11H2,1-2H3. The molecule has 0 unspecified atom stereocenters. The van der Waals surface area contributed by atoms with E-state index in [1.165, 1.54) is 0 Å². The minimum atomic E-state index is -3.55. The van der Waals surface area contributed by atoms with Crippen molar-refractivity contribution in [3.8, 4) is 0 Å². The largest absolute Gasteiger partial charge is 0.305 e. The molecule has 0 radical (unpaired) electrons. The first-order chi connectivity index (χ1) is 9.87. The van der Waals surface area contributed by atoms with Crippen LogP contribution in [0.15, 0.2) is 57.9 Å². The fraction of sp³-hybridized carbons (Fsp3) is 0.200. The van der Waals surface area contributed by atoms with Crippen LogP contribution < -0.4 is 4.72 Å². The van der Waals surface area contributed by atoms with E-state index in [4.69, 9.17) is 0 Å². The Morgan fingerprint density at radius 3 is 2.10 bits per heavy atom. The van der Waals surface area contributed by atoms with E-state index >= 15 is 0 Å². The molecule has 2 rings (SSSR count). The molecular weight excluding hydrogens is 352 g/mol. The van der Waals surface area contributed by atoms with E-state index in [2.05, 4.69) is 25.6 Å². The summed E-state index contributed by atoms with van der Waals surface area (Å²) >= 11 is 3.29. The highest BCUT2D eigenvalue weighted by Gasteiger charge is 2.13. The molecule has 0 aromatic heterocycles. The van der Waals surface area contributed by atoms with Crippen LogP contribution >= 0.6 is 15.9 Å². The van der Waals surface area contributed by atoms with Gasteiger partial charge in [0.15, 0.2) is 0 Å². The Bertz CT molecular complexity index is 695. The molecule has 2 aromatic rings. The molecule has 0 aliphatic heterocycles. The van der Waals surface area contributed by atoms with Gasteiger partial charge < -0.3 is 4.90 Å². The maximum Gasteiger partial charge on any atom is 0.261 e. The van der Waals surface area contributed by atoms with Gasteiger partial charge in [-0.3, -0.25) is 4.72 Å². The number of anilines is 1. The molecular formula is C15H17BrN2O2S. The Hall–Kier alpha value is -1.37. The fourth-order valence-corrected chi connectivity index (χ4v) is 3.19.